The lowest BCUT2D eigenvalue weighted by atomic mass is 10.0. The van der Waals surface area contributed by atoms with E-state index in [0.29, 0.717) is 10.6 Å². The second-order valence-corrected chi connectivity index (χ2v) is 7.19. The number of thiazole rings is 1. The van der Waals surface area contributed by atoms with Crippen LogP contribution < -0.4 is 9.84 Å². The van der Waals surface area contributed by atoms with Gasteiger partial charge in [-0.3, -0.25) is 10.1 Å². The van der Waals surface area contributed by atoms with Crippen LogP contribution in [0.15, 0.2) is 35.7 Å². The molecule has 0 aliphatic heterocycles. The van der Waals surface area contributed by atoms with Crippen molar-refractivity contribution in [1.82, 2.24) is 4.98 Å². The Morgan fingerprint density at radius 2 is 2.03 bits per heavy atom. The van der Waals surface area contributed by atoms with Crippen LogP contribution in [0, 0.1) is 35.3 Å². The van der Waals surface area contributed by atoms with Gasteiger partial charge in [-0.25, -0.2) is 4.98 Å². The number of aryl methyl sites for hydroxylation is 2. The molecule has 0 saturated heterocycles. The van der Waals surface area contributed by atoms with Gasteiger partial charge in [-0.2, -0.15) is 5.26 Å². The number of nitrogens with zero attached hydrogens (tertiary/aromatic N) is 3. The summed E-state index contributed by atoms with van der Waals surface area (Å²) >= 11 is 1.30. The summed E-state index contributed by atoms with van der Waals surface area (Å²) in [5.41, 5.74) is 3.95. The van der Waals surface area contributed by atoms with Gasteiger partial charge in [0.25, 0.3) is 5.69 Å². The van der Waals surface area contributed by atoms with Crippen LogP contribution in [0.2, 0.25) is 0 Å². The molecule has 0 fully saturated rings. The van der Waals surface area contributed by atoms with Crippen LogP contribution in [0.25, 0.3) is 22.9 Å². The first-order valence-corrected chi connectivity index (χ1v) is 9.40. The molecule has 0 aliphatic carbocycles. The highest BCUT2D eigenvalue weighted by Crippen LogP contribution is 2.36. The lowest BCUT2D eigenvalue weighted by molar-refractivity contribution is -0.398. The second kappa shape index (κ2) is 8.12. The first kappa shape index (κ1) is 20.0. The SMILES string of the molecule is COc1cc(/C=C(\C#N)c2nc(-c3ccc(C)c(C)c3)cs2)cc([N+](=O)[O-])c1[O-]. The maximum atomic E-state index is 12.0. The molecule has 0 aliphatic rings. The van der Waals surface area contributed by atoms with Gasteiger partial charge in [0.1, 0.15) is 16.8 Å². The van der Waals surface area contributed by atoms with Crippen molar-refractivity contribution < 1.29 is 14.8 Å². The molecule has 0 saturated carbocycles. The van der Waals surface area contributed by atoms with Gasteiger partial charge in [-0.15, -0.1) is 11.3 Å². The van der Waals surface area contributed by atoms with Gasteiger partial charge in [-0.1, -0.05) is 12.1 Å². The molecule has 0 radical (unpaired) electrons. The number of nitriles is 1. The first-order valence-electron chi connectivity index (χ1n) is 8.52. The van der Waals surface area contributed by atoms with Crippen molar-refractivity contribution in [2.45, 2.75) is 13.8 Å². The smallest absolute Gasteiger partial charge is 0.266 e. The summed E-state index contributed by atoms with van der Waals surface area (Å²) < 4.78 is 4.94. The van der Waals surface area contributed by atoms with Gasteiger partial charge in [0, 0.05) is 22.8 Å². The standard InChI is InChI=1S/C21H17N3O4S/c1-12-4-5-15(6-13(12)2)17-11-29-21(23-17)16(10-22)7-14-8-18(24(26)27)20(25)19(9-14)28-3/h4-9,11,25H,1-3H3/p-1/b16-7+. The van der Waals surface area contributed by atoms with Crippen molar-refractivity contribution in [3.05, 3.63) is 67.5 Å². The molecule has 2 aromatic carbocycles. The number of allylic oxidation sites excluding steroid dienone is 1. The Morgan fingerprint density at radius 1 is 1.28 bits per heavy atom. The molecule has 29 heavy (non-hydrogen) atoms. The van der Waals surface area contributed by atoms with Crippen molar-refractivity contribution in [2.75, 3.05) is 7.11 Å². The summed E-state index contributed by atoms with van der Waals surface area (Å²) in [7, 11) is 1.26. The van der Waals surface area contributed by atoms with E-state index in [2.05, 4.69) is 11.1 Å². The van der Waals surface area contributed by atoms with Gasteiger partial charge in [-0.05, 0) is 48.7 Å². The largest absolute Gasteiger partial charge is 0.865 e. The fourth-order valence-corrected chi connectivity index (χ4v) is 3.51. The van der Waals surface area contributed by atoms with Gasteiger partial charge in [0.15, 0.2) is 0 Å². The van der Waals surface area contributed by atoms with Gasteiger partial charge in [0.05, 0.1) is 23.3 Å². The van der Waals surface area contributed by atoms with Crippen LogP contribution in [0.1, 0.15) is 21.7 Å². The van der Waals surface area contributed by atoms with Crippen molar-refractivity contribution in [2.24, 2.45) is 0 Å². The minimum absolute atomic E-state index is 0.155. The van der Waals surface area contributed by atoms with Gasteiger partial charge >= 0.3 is 0 Å². The lowest BCUT2D eigenvalue weighted by Gasteiger charge is -2.13. The summed E-state index contributed by atoms with van der Waals surface area (Å²) in [4.78, 5) is 14.9. The van der Waals surface area contributed by atoms with E-state index in [4.69, 9.17) is 4.74 Å². The molecule has 3 rings (SSSR count). The Bertz CT molecular complexity index is 1180. The van der Waals surface area contributed by atoms with E-state index in [1.807, 2.05) is 37.4 Å². The molecule has 7 nitrogen and oxygen atoms in total. The van der Waals surface area contributed by atoms with Crippen LogP contribution in [0.4, 0.5) is 5.69 Å². The molecule has 1 aromatic heterocycles. The maximum Gasteiger partial charge on any atom is 0.266 e. The minimum Gasteiger partial charge on any atom is -0.865 e. The number of benzene rings is 2. The Hall–Kier alpha value is -3.70. The molecule has 0 bridgehead atoms. The Morgan fingerprint density at radius 3 is 2.66 bits per heavy atom. The Balaban J connectivity index is 2.03. The van der Waals surface area contributed by atoms with E-state index in [1.165, 1.54) is 36.2 Å². The van der Waals surface area contributed by atoms with Gasteiger partial charge < -0.3 is 9.84 Å². The summed E-state index contributed by atoms with van der Waals surface area (Å²) in [6, 6.07) is 10.6. The lowest BCUT2D eigenvalue weighted by Crippen LogP contribution is -2.01. The Kier molecular flexibility index (Phi) is 5.61. The fraction of sp³-hybridized carbons (Fsp3) is 0.143. The van der Waals surface area contributed by atoms with Crippen LogP contribution in [0.5, 0.6) is 11.5 Å². The monoisotopic (exact) mass is 406 g/mol. The van der Waals surface area contributed by atoms with Crippen molar-refractivity contribution in [3.63, 3.8) is 0 Å². The quantitative estimate of drug-likeness (QED) is 0.351. The highest BCUT2D eigenvalue weighted by molar-refractivity contribution is 7.11. The molecule has 146 valence electrons. The molecule has 1 heterocycles. The van der Waals surface area contributed by atoms with Crippen molar-refractivity contribution >= 4 is 28.7 Å². The van der Waals surface area contributed by atoms with E-state index in [1.54, 1.807) is 0 Å². The molecule has 0 atom stereocenters. The number of methoxy groups -OCH3 is 1. The molecule has 0 amide bonds. The molecule has 0 spiro atoms. The van der Waals surface area contributed by atoms with Crippen molar-refractivity contribution in [1.29, 1.82) is 5.26 Å². The highest BCUT2D eigenvalue weighted by atomic mass is 32.1. The van der Waals surface area contributed by atoms with E-state index in [-0.39, 0.29) is 11.3 Å². The minimum atomic E-state index is -0.806. The third kappa shape index (κ3) is 4.10. The van der Waals surface area contributed by atoms with E-state index in [0.717, 1.165) is 22.9 Å². The summed E-state index contributed by atoms with van der Waals surface area (Å²) in [6.07, 6.45) is 1.46. The topological polar surface area (TPSA) is 112 Å². The van der Waals surface area contributed by atoms with Crippen molar-refractivity contribution in [3.8, 4) is 28.8 Å². The van der Waals surface area contributed by atoms with E-state index in [9.17, 15) is 20.5 Å². The number of hydrogen-bond acceptors (Lipinski definition) is 7. The number of nitro benzene ring substituents is 1. The van der Waals surface area contributed by atoms with Crippen LogP contribution >= 0.6 is 11.3 Å². The number of aromatic nitrogens is 1. The summed E-state index contributed by atoms with van der Waals surface area (Å²) in [5.74, 6) is -0.961. The first-order chi connectivity index (χ1) is 13.8. The molecule has 3 aromatic rings. The molecular weight excluding hydrogens is 390 g/mol. The summed E-state index contributed by atoms with van der Waals surface area (Å²) in [5, 5.41) is 35.0. The number of hydrogen-bond donors (Lipinski definition) is 0. The van der Waals surface area contributed by atoms with Crippen LogP contribution in [-0.2, 0) is 0 Å². The zero-order chi connectivity index (χ0) is 21.1. The number of rotatable bonds is 5. The fourth-order valence-electron chi connectivity index (χ4n) is 2.72. The zero-order valence-electron chi connectivity index (χ0n) is 15.9. The second-order valence-electron chi connectivity index (χ2n) is 6.34. The third-order valence-electron chi connectivity index (χ3n) is 4.44. The average molecular weight is 406 g/mol. The maximum absolute atomic E-state index is 12.0. The average Bonchev–Trinajstić information content (AvgIpc) is 3.18. The molecule has 0 unspecified atom stereocenters. The highest BCUT2D eigenvalue weighted by Gasteiger charge is 2.15. The molecule has 0 N–H and O–H groups in total. The number of nitro groups is 1. The normalized spacial score (nSPS) is 11.2. The van der Waals surface area contributed by atoms with Crippen LogP contribution in [-0.4, -0.2) is 17.0 Å². The Labute approximate surface area is 171 Å². The predicted octanol–water partition coefficient (Wildman–Crippen LogP) is 4.48. The predicted molar refractivity (Wildman–Crippen MR) is 110 cm³/mol. The van der Waals surface area contributed by atoms with E-state index < -0.39 is 16.4 Å². The molecule has 8 heteroatoms. The molecular formula is C21H16N3O4S-. The number of ether oxygens (including phenoxy) is 1. The van der Waals surface area contributed by atoms with E-state index >= 15 is 0 Å². The van der Waals surface area contributed by atoms with Crippen LogP contribution in [0.3, 0.4) is 0 Å². The third-order valence-corrected chi connectivity index (χ3v) is 5.32. The summed E-state index contributed by atoms with van der Waals surface area (Å²) in [6.45, 7) is 4.05. The zero-order valence-corrected chi connectivity index (χ0v) is 16.7. The van der Waals surface area contributed by atoms with Gasteiger partial charge in [0.2, 0.25) is 0 Å².